The lowest BCUT2D eigenvalue weighted by Crippen LogP contribution is -2.46. The molecule has 97 valence electrons. The molecule has 0 N–H and O–H groups in total. The highest BCUT2D eigenvalue weighted by atomic mass is 16.5. The van der Waals surface area contributed by atoms with Crippen LogP contribution in [0.15, 0.2) is 30.3 Å². The van der Waals surface area contributed by atoms with Gasteiger partial charge in [-0.1, -0.05) is 25.1 Å². The van der Waals surface area contributed by atoms with E-state index in [-0.39, 0.29) is 6.23 Å². The first-order valence-corrected chi connectivity index (χ1v) is 5.68. The Bertz CT molecular complexity index is 390. The molecule has 1 rings (SSSR count). The fraction of sp³-hybridized carbons (Fsp3) is 0.385. The summed E-state index contributed by atoms with van der Waals surface area (Å²) in [6.07, 6.45) is 1.91. The number of urea groups is 1. The standard InChI is InChI=1S/C13H17N2O3/c1-4-12(18-3)14(2)13(17)15(10-16)11-8-6-5-7-9-11/h5-9,12H,4H2,1-3H3. The van der Waals surface area contributed by atoms with Gasteiger partial charge in [0.25, 0.3) is 0 Å². The predicted octanol–water partition coefficient (Wildman–Crippen LogP) is 1.99. The average molecular weight is 249 g/mol. The summed E-state index contributed by atoms with van der Waals surface area (Å²) in [6.45, 7) is 1.90. The second kappa shape index (κ2) is 6.76. The molecule has 18 heavy (non-hydrogen) atoms. The number of hydrogen-bond donors (Lipinski definition) is 0. The van der Waals surface area contributed by atoms with E-state index in [0.717, 1.165) is 4.90 Å². The highest BCUT2D eigenvalue weighted by Crippen LogP contribution is 2.15. The highest BCUT2D eigenvalue weighted by molar-refractivity contribution is 6.06. The molecule has 5 heteroatoms. The van der Waals surface area contributed by atoms with Gasteiger partial charge in [0.1, 0.15) is 6.23 Å². The summed E-state index contributed by atoms with van der Waals surface area (Å²) in [5, 5.41) is 0. The lowest BCUT2D eigenvalue weighted by Gasteiger charge is -2.28. The van der Waals surface area contributed by atoms with Gasteiger partial charge >= 0.3 is 12.4 Å². The van der Waals surface area contributed by atoms with Gasteiger partial charge in [0, 0.05) is 14.2 Å². The van der Waals surface area contributed by atoms with Gasteiger partial charge in [-0.3, -0.25) is 4.79 Å². The Morgan fingerprint density at radius 2 is 2.00 bits per heavy atom. The first kappa shape index (κ1) is 14.2. The fourth-order valence-corrected chi connectivity index (χ4v) is 1.66. The molecule has 1 unspecified atom stereocenters. The Morgan fingerprint density at radius 1 is 1.39 bits per heavy atom. The van der Waals surface area contributed by atoms with Gasteiger partial charge in [0.05, 0.1) is 5.69 Å². The molecule has 0 bridgehead atoms. The second-order valence-corrected chi connectivity index (χ2v) is 3.75. The summed E-state index contributed by atoms with van der Waals surface area (Å²) in [7, 11) is 3.11. The van der Waals surface area contributed by atoms with E-state index >= 15 is 0 Å². The number of methoxy groups -OCH3 is 1. The summed E-state index contributed by atoms with van der Waals surface area (Å²) in [6, 6.07) is 8.19. The molecule has 1 aromatic rings. The van der Waals surface area contributed by atoms with Crippen LogP contribution in [0.5, 0.6) is 0 Å². The van der Waals surface area contributed by atoms with E-state index in [1.54, 1.807) is 37.7 Å². The second-order valence-electron chi connectivity index (χ2n) is 3.75. The summed E-state index contributed by atoms with van der Waals surface area (Å²) in [5.41, 5.74) is 0.482. The zero-order valence-electron chi connectivity index (χ0n) is 10.8. The summed E-state index contributed by atoms with van der Waals surface area (Å²) < 4.78 is 5.16. The fourth-order valence-electron chi connectivity index (χ4n) is 1.66. The molecule has 0 heterocycles. The van der Waals surface area contributed by atoms with Gasteiger partial charge in [-0.15, -0.1) is 0 Å². The number of carbonyl (C=O) groups is 1. The molecule has 0 aliphatic rings. The molecule has 0 saturated heterocycles. The summed E-state index contributed by atoms with van der Waals surface area (Å²) in [4.78, 5) is 25.4. The van der Waals surface area contributed by atoms with E-state index in [4.69, 9.17) is 4.74 Å². The molecule has 0 saturated carbocycles. The van der Waals surface area contributed by atoms with Crippen LogP contribution in [0.1, 0.15) is 13.3 Å². The molecule has 0 aromatic heterocycles. The highest BCUT2D eigenvalue weighted by Gasteiger charge is 2.24. The third kappa shape index (κ3) is 3.07. The minimum absolute atomic E-state index is 0.364. The van der Waals surface area contributed by atoms with Crippen molar-refractivity contribution in [3.63, 3.8) is 0 Å². The van der Waals surface area contributed by atoms with E-state index in [1.807, 2.05) is 13.0 Å². The van der Waals surface area contributed by atoms with Crippen LogP contribution in [0.25, 0.3) is 0 Å². The van der Waals surface area contributed by atoms with Crippen LogP contribution in [0.3, 0.4) is 0 Å². The number of anilines is 1. The van der Waals surface area contributed by atoms with Crippen LogP contribution in [-0.4, -0.2) is 37.7 Å². The van der Waals surface area contributed by atoms with Crippen molar-refractivity contribution in [1.29, 1.82) is 0 Å². The van der Waals surface area contributed by atoms with E-state index in [2.05, 4.69) is 0 Å². The number of para-hydroxylation sites is 1. The Labute approximate surface area is 107 Å². The van der Waals surface area contributed by atoms with Crippen LogP contribution < -0.4 is 4.90 Å². The first-order chi connectivity index (χ1) is 8.65. The minimum atomic E-state index is -0.468. The topological polar surface area (TPSA) is 49.9 Å². The van der Waals surface area contributed by atoms with Gasteiger partial charge in [0.15, 0.2) is 0 Å². The van der Waals surface area contributed by atoms with Crippen LogP contribution in [0, 0.1) is 0 Å². The van der Waals surface area contributed by atoms with E-state index in [1.165, 1.54) is 12.0 Å². The van der Waals surface area contributed by atoms with Crippen LogP contribution in [-0.2, 0) is 9.53 Å². The largest absolute Gasteiger partial charge is 0.361 e. The number of amides is 3. The quantitative estimate of drug-likeness (QED) is 0.592. The van der Waals surface area contributed by atoms with Gasteiger partial charge in [0.2, 0.25) is 0 Å². The first-order valence-electron chi connectivity index (χ1n) is 5.68. The Hall–Kier alpha value is -1.88. The van der Waals surface area contributed by atoms with E-state index < -0.39 is 6.03 Å². The van der Waals surface area contributed by atoms with Crippen molar-refractivity contribution < 1.29 is 14.3 Å². The van der Waals surface area contributed by atoms with Gasteiger partial charge in [-0.2, -0.15) is 0 Å². The average Bonchev–Trinajstić information content (AvgIpc) is 2.42. The summed E-state index contributed by atoms with van der Waals surface area (Å²) >= 11 is 0. The minimum Gasteiger partial charge on any atom is -0.361 e. The molecule has 1 radical (unpaired) electrons. The van der Waals surface area contributed by atoms with Gasteiger partial charge in [-0.05, 0) is 18.6 Å². The maximum atomic E-state index is 12.1. The predicted molar refractivity (Wildman–Crippen MR) is 68.9 cm³/mol. The third-order valence-corrected chi connectivity index (χ3v) is 2.65. The number of benzene rings is 1. The van der Waals surface area contributed by atoms with Crippen molar-refractivity contribution in [3.8, 4) is 0 Å². The normalized spacial score (nSPS) is 11.7. The lowest BCUT2D eigenvalue weighted by atomic mass is 10.3. The zero-order chi connectivity index (χ0) is 13.5. The van der Waals surface area contributed by atoms with E-state index in [9.17, 15) is 9.59 Å². The molecule has 0 aliphatic heterocycles. The lowest BCUT2D eigenvalue weighted by molar-refractivity contribution is 0.00467. The third-order valence-electron chi connectivity index (χ3n) is 2.65. The van der Waals surface area contributed by atoms with Crippen molar-refractivity contribution in [1.82, 2.24) is 4.90 Å². The Morgan fingerprint density at radius 3 is 2.44 bits per heavy atom. The molecule has 1 atom stereocenters. The van der Waals surface area contributed by atoms with Crippen molar-refractivity contribution in [2.24, 2.45) is 0 Å². The summed E-state index contributed by atoms with van der Waals surface area (Å²) in [5.74, 6) is 0. The monoisotopic (exact) mass is 249 g/mol. The number of ether oxygens (including phenoxy) is 1. The molecular weight excluding hydrogens is 232 g/mol. The number of carbonyl (C=O) groups excluding carboxylic acids is 2. The smallest absolute Gasteiger partial charge is 0.333 e. The van der Waals surface area contributed by atoms with Crippen molar-refractivity contribution >= 4 is 18.1 Å². The molecular formula is C13H17N2O3. The molecule has 0 aliphatic carbocycles. The Kier molecular flexibility index (Phi) is 5.32. The number of nitrogens with zero attached hydrogens (tertiary/aromatic N) is 2. The maximum absolute atomic E-state index is 12.1. The van der Waals surface area contributed by atoms with Gasteiger partial charge in [-0.25, -0.2) is 9.69 Å². The van der Waals surface area contributed by atoms with Crippen LogP contribution in [0.4, 0.5) is 10.5 Å². The van der Waals surface area contributed by atoms with Crippen molar-refractivity contribution in [2.45, 2.75) is 19.6 Å². The SMILES string of the molecule is CCC(OC)N(C)C(=O)N([C]=O)c1ccccc1. The molecule has 5 nitrogen and oxygen atoms in total. The zero-order valence-corrected chi connectivity index (χ0v) is 10.8. The van der Waals surface area contributed by atoms with Crippen LogP contribution in [0.2, 0.25) is 0 Å². The number of hydrogen-bond acceptors (Lipinski definition) is 3. The molecule has 0 fully saturated rings. The van der Waals surface area contributed by atoms with Crippen molar-refractivity contribution in [2.75, 3.05) is 19.1 Å². The molecule has 3 amide bonds. The van der Waals surface area contributed by atoms with Gasteiger partial charge < -0.3 is 9.64 Å². The number of imide groups is 1. The van der Waals surface area contributed by atoms with E-state index in [0.29, 0.717) is 12.1 Å². The molecule has 0 spiro atoms. The maximum Gasteiger partial charge on any atom is 0.333 e. The molecule has 1 aromatic carbocycles. The van der Waals surface area contributed by atoms with Crippen LogP contribution >= 0.6 is 0 Å². The Balaban J connectivity index is 2.89. The van der Waals surface area contributed by atoms with Crippen molar-refractivity contribution in [3.05, 3.63) is 30.3 Å². The number of rotatable bonds is 5.